The van der Waals surface area contributed by atoms with Gasteiger partial charge in [-0.2, -0.15) is 0 Å². The molecule has 0 fully saturated rings. The lowest BCUT2D eigenvalue weighted by Crippen LogP contribution is -2.15. The first-order chi connectivity index (χ1) is 13.2. The minimum atomic E-state index is -0.309. The highest BCUT2D eigenvalue weighted by atomic mass is 16.5. The van der Waals surface area contributed by atoms with Crippen LogP contribution in [0.3, 0.4) is 0 Å². The molecule has 142 valence electrons. The Morgan fingerprint density at radius 1 is 1.04 bits per heavy atom. The van der Waals surface area contributed by atoms with E-state index in [-0.39, 0.29) is 5.91 Å². The predicted octanol–water partition coefficient (Wildman–Crippen LogP) is 3.78. The zero-order valence-electron chi connectivity index (χ0n) is 15.7. The zero-order chi connectivity index (χ0) is 19.2. The molecule has 0 saturated heterocycles. The third kappa shape index (κ3) is 3.97. The summed E-state index contributed by atoms with van der Waals surface area (Å²) >= 11 is 0. The standard InChI is InChI=1S/C20H23N3O4/c1-4-25-16-11-14(12-17(26-5-2)18(16)27-6-3)19(24)22-20-21-13-15-9-7-8-10-23(15)20/h7-13H,4-6H2,1-3H3,(H,21,22,24). The van der Waals surface area contributed by atoms with E-state index < -0.39 is 0 Å². The van der Waals surface area contributed by atoms with Gasteiger partial charge in [-0.1, -0.05) is 6.07 Å². The first kappa shape index (κ1) is 18.6. The minimum absolute atomic E-state index is 0.309. The van der Waals surface area contributed by atoms with Gasteiger partial charge in [-0.25, -0.2) is 4.98 Å². The maximum absolute atomic E-state index is 12.8. The first-order valence-corrected chi connectivity index (χ1v) is 8.97. The van der Waals surface area contributed by atoms with Gasteiger partial charge in [-0.3, -0.25) is 14.5 Å². The van der Waals surface area contributed by atoms with Crippen LogP contribution >= 0.6 is 0 Å². The maximum atomic E-state index is 12.8. The number of aromatic nitrogens is 2. The van der Waals surface area contributed by atoms with Crippen LogP contribution in [0.1, 0.15) is 31.1 Å². The van der Waals surface area contributed by atoms with E-state index in [4.69, 9.17) is 14.2 Å². The number of anilines is 1. The van der Waals surface area contributed by atoms with Crippen LogP contribution in [0.2, 0.25) is 0 Å². The Kier molecular flexibility index (Phi) is 5.80. The molecule has 0 spiro atoms. The second-order valence-electron chi connectivity index (χ2n) is 5.63. The normalized spacial score (nSPS) is 10.6. The molecule has 2 aromatic heterocycles. The van der Waals surface area contributed by atoms with Crippen molar-refractivity contribution in [3.8, 4) is 17.2 Å². The number of carbonyl (C=O) groups is 1. The summed E-state index contributed by atoms with van der Waals surface area (Å²) in [6.45, 7) is 6.99. The second-order valence-corrected chi connectivity index (χ2v) is 5.63. The number of nitrogens with one attached hydrogen (secondary N) is 1. The van der Waals surface area contributed by atoms with E-state index in [0.717, 1.165) is 5.52 Å². The SMILES string of the molecule is CCOc1cc(C(=O)Nc2ncc3ccccn23)cc(OCC)c1OCC. The van der Waals surface area contributed by atoms with E-state index in [1.54, 1.807) is 22.7 Å². The molecule has 1 N–H and O–H groups in total. The van der Waals surface area contributed by atoms with Crippen molar-refractivity contribution in [3.63, 3.8) is 0 Å². The molecule has 7 nitrogen and oxygen atoms in total. The summed E-state index contributed by atoms with van der Waals surface area (Å²) in [5, 5.41) is 2.83. The van der Waals surface area contributed by atoms with Gasteiger partial charge in [0.2, 0.25) is 11.7 Å². The second kappa shape index (κ2) is 8.44. The van der Waals surface area contributed by atoms with Crippen LogP contribution in [0.15, 0.2) is 42.7 Å². The Morgan fingerprint density at radius 3 is 2.33 bits per heavy atom. The lowest BCUT2D eigenvalue weighted by Gasteiger charge is -2.17. The summed E-state index contributed by atoms with van der Waals surface area (Å²) in [7, 11) is 0. The molecule has 27 heavy (non-hydrogen) atoms. The largest absolute Gasteiger partial charge is 0.490 e. The molecule has 3 aromatic rings. The summed E-state index contributed by atoms with van der Waals surface area (Å²) in [5.74, 6) is 1.59. The van der Waals surface area contributed by atoms with Crippen LogP contribution in [0, 0.1) is 0 Å². The fourth-order valence-corrected chi connectivity index (χ4v) is 2.73. The Hall–Kier alpha value is -3.22. The van der Waals surface area contributed by atoms with Crippen molar-refractivity contribution in [3.05, 3.63) is 48.3 Å². The molecule has 0 atom stereocenters. The highest BCUT2D eigenvalue weighted by molar-refractivity contribution is 6.04. The smallest absolute Gasteiger partial charge is 0.258 e. The van der Waals surface area contributed by atoms with Gasteiger partial charge in [0.15, 0.2) is 11.5 Å². The Labute approximate surface area is 157 Å². The number of pyridine rings is 1. The van der Waals surface area contributed by atoms with Crippen molar-refractivity contribution in [1.82, 2.24) is 9.38 Å². The van der Waals surface area contributed by atoms with Crippen molar-refractivity contribution >= 4 is 17.4 Å². The van der Waals surface area contributed by atoms with Gasteiger partial charge >= 0.3 is 0 Å². The monoisotopic (exact) mass is 369 g/mol. The molecule has 0 radical (unpaired) electrons. The topological polar surface area (TPSA) is 74.1 Å². The number of benzene rings is 1. The van der Waals surface area contributed by atoms with Gasteiger partial charge < -0.3 is 14.2 Å². The summed E-state index contributed by atoms with van der Waals surface area (Å²) < 4.78 is 18.8. The number of hydrogen-bond donors (Lipinski definition) is 1. The van der Waals surface area contributed by atoms with Crippen LogP contribution in [-0.4, -0.2) is 35.1 Å². The fourth-order valence-electron chi connectivity index (χ4n) is 2.73. The van der Waals surface area contributed by atoms with Crippen LogP contribution in [0.4, 0.5) is 5.95 Å². The third-order valence-electron chi connectivity index (χ3n) is 3.84. The molecule has 0 bridgehead atoms. The Balaban J connectivity index is 1.95. The number of rotatable bonds is 8. The number of nitrogens with zero attached hydrogens (tertiary/aromatic N) is 2. The van der Waals surface area contributed by atoms with Crippen LogP contribution in [0.25, 0.3) is 5.52 Å². The summed E-state index contributed by atoms with van der Waals surface area (Å²) in [5.41, 5.74) is 1.29. The molecular weight excluding hydrogens is 346 g/mol. The summed E-state index contributed by atoms with van der Waals surface area (Å²) in [4.78, 5) is 17.1. The van der Waals surface area contributed by atoms with Crippen molar-refractivity contribution in [1.29, 1.82) is 0 Å². The average molecular weight is 369 g/mol. The number of carbonyl (C=O) groups excluding carboxylic acids is 1. The zero-order valence-corrected chi connectivity index (χ0v) is 15.7. The van der Waals surface area contributed by atoms with Crippen molar-refractivity contribution in [2.45, 2.75) is 20.8 Å². The molecule has 0 aliphatic heterocycles. The molecule has 3 rings (SSSR count). The van der Waals surface area contributed by atoms with E-state index in [9.17, 15) is 4.79 Å². The summed E-state index contributed by atoms with van der Waals surface area (Å²) in [6.07, 6.45) is 3.54. The Morgan fingerprint density at radius 2 is 1.70 bits per heavy atom. The van der Waals surface area contributed by atoms with Crippen molar-refractivity contribution in [2.24, 2.45) is 0 Å². The van der Waals surface area contributed by atoms with E-state index in [1.165, 1.54) is 0 Å². The number of ether oxygens (including phenoxy) is 3. The first-order valence-electron chi connectivity index (χ1n) is 8.97. The van der Waals surface area contributed by atoms with Gasteiger partial charge in [-0.15, -0.1) is 0 Å². The van der Waals surface area contributed by atoms with Crippen molar-refractivity contribution in [2.75, 3.05) is 25.1 Å². The number of imidazole rings is 1. The average Bonchev–Trinajstić information content (AvgIpc) is 3.07. The third-order valence-corrected chi connectivity index (χ3v) is 3.84. The molecule has 7 heteroatoms. The molecule has 1 amide bonds. The fraction of sp³-hybridized carbons (Fsp3) is 0.300. The van der Waals surface area contributed by atoms with Crippen LogP contribution < -0.4 is 19.5 Å². The molecule has 0 unspecified atom stereocenters. The van der Waals surface area contributed by atoms with Gasteiger partial charge in [0, 0.05) is 11.8 Å². The van der Waals surface area contributed by atoms with E-state index >= 15 is 0 Å². The van der Waals surface area contributed by atoms with Crippen LogP contribution in [0.5, 0.6) is 17.2 Å². The predicted molar refractivity (Wildman–Crippen MR) is 103 cm³/mol. The molecular formula is C20H23N3O4. The molecule has 0 aliphatic carbocycles. The summed E-state index contributed by atoms with van der Waals surface area (Å²) in [6, 6.07) is 9.02. The lowest BCUT2D eigenvalue weighted by molar-refractivity contribution is 0.102. The van der Waals surface area contributed by atoms with Gasteiger partial charge in [0.1, 0.15) is 0 Å². The minimum Gasteiger partial charge on any atom is -0.490 e. The van der Waals surface area contributed by atoms with E-state index in [1.807, 2.05) is 45.2 Å². The number of amides is 1. The number of fused-ring (bicyclic) bond motifs is 1. The molecule has 0 saturated carbocycles. The van der Waals surface area contributed by atoms with E-state index in [0.29, 0.717) is 48.6 Å². The molecule has 2 heterocycles. The van der Waals surface area contributed by atoms with Gasteiger partial charge in [0.25, 0.3) is 5.91 Å². The van der Waals surface area contributed by atoms with Crippen molar-refractivity contribution < 1.29 is 19.0 Å². The quantitative estimate of drug-likeness (QED) is 0.654. The van der Waals surface area contributed by atoms with E-state index in [2.05, 4.69) is 10.3 Å². The Bertz CT molecular complexity index is 909. The van der Waals surface area contributed by atoms with Crippen LogP contribution in [-0.2, 0) is 0 Å². The van der Waals surface area contributed by atoms with Gasteiger partial charge in [-0.05, 0) is 45.0 Å². The molecule has 1 aromatic carbocycles. The maximum Gasteiger partial charge on any atom is 0.258 e. The lowest BCUT2D eigenvalue weighted by atomic mass is 10.1. The highest BCUT2D eigenvalue weighted by Gasteiger charge is 2.19. The number of hydrogen-bond acceptors (Lipinski definition) is 5. The highest BCUT2D eigenvalue weighted by Crippen LogP contribution is 2.39. The molecule has 0 aliphatic rings. The van der Waals surface area contributed by atoms with Gasteiger partial charge in [0.05, 0.1) is 31.5 Å².